The molecule has 154 valence electrons. The van der Waals surface area contributed by atoms with E-state index >= 15 is 0 Å². The summed E-state index contributed by atoms with van der Waals surface area (Å²) in [5, 5.41) is 12.3. The van der Waals surface area contributed by atoms with Crippen LogP contribution in [0.1, 0.15) is 51.9 Å². The second-order valence-corrected chi connectivity index (χ2v) is 7.80. The third kappa shape index (κ3) is 5.36. The summed E-state index contributed by atoms with van der Waals surface area (Å²) in [4.78, 5) is 12.9. The summed E-state index contributed by atoms with van der Waals surface area (Å²) in [5.41, 5.74) is 0.751. The van der Waals surface area contributed by atoms with E-state index in [9.17, 15) is 9.90 Å². The van der Waals surface area contributed by atoms with Crippen molar-refractivity contribution in [1.82, 2.24) is 0 Å². The molecule has 5 nitrogen and oxygen atoms in total. The Morgan fingerprint density at radius 2 is 1.96 bits per heavy atom. The number of aliphatic hydroxyl groups excluding tert-OH is 1. The first-order valence-electron chi connectivity index (χ1n) is 10.7. The van der Waals surface area contributed by atoms with Gasteiger partial charge in [0.2, 0.25) is 6.29 Å². The average Bonchev–Trinajstić information content (AvgIpc) is 2.74. The predicted octanol–water partition coefficient (Wildman–Crippen LogP) is 4.49. The second kappa shape index (κ2) is 10.6. The summed E-state index contributed by atoms with van der Waals surface area (Å²) in [5.74, 6) is 1.09. The van der Waals surface area contributed by atoms with Crippen LogP contribution in [0.5, 0.6) is 0 Å². The van der Waals surface area contributed by atoms with Crippen LogP contribution in [0.3, 0.4) is 0 Å². The van der Waals surface area contributed by atoms with Crippen LogP contribution in [0.25, 0.3) is 0 Å². The number of hydrogen-bond acceptors (Lipinski definition) is 4. The molecule has 0 unspecified atom stereocenters. The lowest BCUT2D eigenvalue weighted by molar-refractivity contribution is -0.175. The van der Waals surface area contributed by atoms with Gasteiger partial charge in [-0.25, -0.2) is 0 Å². The standard InChI is InChI=1S/C23H33NO4/c1-2-27-23-19(14-9-15-25)20(17-10-5-3-6-11-17)16-21(28-23)22(26)24-18-12-7-4-8-13-18/h4,7-8,12-13,16-17,19-20,23,25H,2-3,5-6,9-11,14-15H2,1H3,(H,24,26)/t19-,20+,23+/m0/s1. The van der Waals surface area contributed by atoms with E-state index in [2.05, 4.69) is 5.32 Å². The summed E-state index contributed by atoms with van der Waals surface area (Å²) in [6, 6.07) is 9.44. The lowest BCUT2D eigenvalue weighted by Gasteiger charge is -2.41. The van der Waals surface area contributed by atoms with Gasteiger partial charge >= 0.3 is 0 Å². The number of amides is 1. The van der Waals surface area contributed by atoms with E-state index in [1.54, 1.807) is 0 Å². The van der Waals surface area contributed by atoms with E-state index in [0.717, 1.165) is 18.5 Å². The Balaban J connectivity index is 1.83. The van der Waals surface area contributed by atoms with Gasteiger partial charge in [0.25, 0.3) is 5.91 Å². The Kier molecular flexibility index (Phi) is 7.92. The molecule has 3 rings (SSSR count). The van der Waals surface area contributed by atoms with Crippen molar-refractivity contribution in [3.63, 3.8) is 0 Å². The molecule has 2 aliphatic rings. The summed E-state index contributed by atoms with van der Waals surface area (Å²) < 4.78 is 12.0. The monoisotopic (exact) mass is 387 g/mol. The maximum Gasteiger partial charge on any atom is 0.290 e. The Bertz CT molecular complexity index is 639. The van der Waals surface area contributed by atoms with Gasteiger partial charge in [0, 0.05) is 24.8 Å². The molecule has 28 heavy (non-hydrogen) atoms. The molecular formula is C23H33NO4. The molecular weight excluding hydrogens is 354 g/mol. The molecule has 1 aliphatic heterocycles. The minimum absolute atomic E-state index is 0.164. The molecule has 1 heterocycles. The molecule has 1 aromatic rings. The first kappa shape index (κ1) is 20.9. The first-order chi connectivity index (χ1) is 13.7. The Morgan fingerprint density at radius 1 is 1.21 bits per heavy atom. The highest BCUT2D eigenvalue weighted by Crippen LogP contribution is 2.42. The van der Waals surface area contributed by atoms with Crippen molar-refractivity contribution in [3.05, 3.63) is 42.2 Å². The zero-order valence-electron chi connectivity index (χ0n) is 16.8. The molecule has 2 N–H and O–H groups in total. The van der Waals surface area contributed by atoms with Crippen LogP contribution in [-0.4, -0.2) is 30.5 Å². The molecule has 1 aromatic carbocycles. The molecule has 0 radical (unpaired) electrons. The van der Waals surface area contributed by atoms with Crippen molar-refractivity contribution >= 4 is 11.6 Å². The molecule has 0 bridgehead atoms. The lowest BCUT2D eigenvalue weighted by atomic mass is 9.71. The summed E-state index contributed by atoms with van der Waals surface area (Å²) in [6.07, 6.45) is 9.30. The van der Waals surface area contributed by atoms with Gasteiger partial charge in [0.15, 0.2) is 5.76 Å². The maximum absolute atomic E-state index is 12.9. The topological polar surface area (TPSA) is 67.8 Å². The molecule has 1 saturated carbocycles. The minimum atomic E-state index is -0.440. The second-order valence-electron chi connectivity index (χ2n) is 7.80. The number of nitrogens with one attached hydrogen (secondary N) is 1. The zero-order valence-corrected chi connectivity index (χ0v) is 16.8. The SMILES string of the molecule is CCO[C@@H]1OC(C(=O)Nc2ccccc2)=C[C@H](C2CCCCC2)[C@@H]1CCCO. The molecule has 3 atom stereocenters. The highest BCUT2D eigenvalue weighted by Gasteiger charge is 2.40. The van der Waals surface area contributed by atoms with Crippen LogP contribution in [0.4, 0.5) is 5.69 Å². The number of benzene rings is 1. The van der Waals surface area contributed by atoms with Crippen LogP contribution in [0.15, 0.2) is 42.2 Å². The van der Waals surface area contributed by atoms with E-state index < -0.39 is 6.29 Å². The maximum atomic E-state index is 12.9. The Morgan fingerprint density at radius 3 is 2.64 bits per heavy atom. The molecule has 1 fully saturated rings. The minimum Gasteiger partial charge on any atom is -0.459 e. The van der Waals surface area contributed by atoms with Gasteiger partial charge in [-0.3, -0.25) is 4.79 Å². The lowest BCUT2D eigenvalue weighted by Crippen LogP contribution is -2.41. The van der Waals surface area contributed by atoms with Crippen molar-refractivity contribution in [2.24, 2.45) is 17.8 Å². The largest absolute Gasteiger partial charge is 0.459 e. The Hall–Kier alpha value is -1.85. The van der Waals surface area contributed by atoms with Crippen molar-refractivity contribution in [2.45, 2.75) is 58.2 Å². The third-order valence-corrected chi connectivity index (χ3v) is 5.91. The first-order valence-corrected chi connectivity index (χ1v) is 10.7. The van der Waals surface area contributed by atoms with Crippen LogP contribution in [0.2, 0.25) is 0 Å². The van der Waals surface area contributed by atoms with E-state index in [1.165, 1.54) is 32.1 Å². The van der Waals surface area contributed by atoms with Gasteiger partial charge in [-0.15, -0.1) is 0 Å². The van der Waals surface area contributed by atoms with Gasteiger partial charge in [-0.05, 0) is 62.7 Å². The number of allylic oxidation sites excluding steroid dienone is 1. The van der Waals surface area contributed by atoms with Crippen molar-refractivity contribution in [1.29, 1.82) is 0 Å². The predicted molar refractivity (Wildman–Crippen MR) is 110 cm³/mol. The van der Waals surface area contributed by atoms with Gasteiger partial charge in [-0.2, -0.15) is 0 Å². The van der Waals surface area contributed by atoms with Crippen LogP contribution in [-0.2, 0) is 14.3 Å². The van der Waals surface area contributed by atoms with Gasteiger partial charge in [-0.1, -0.05) is 37.5 Å². The summed E-state index contributed by atoms with van der Waals surface area (Å²) in [7, 11) is 0. The quantitative estimate of drug-likeness (QED) is 0.690. The molecule has 1 aliphatic carbocycles. The normalized spacial score (nSPS) is 25.6. The number of rotatable bonds is 8. The average molecular weight is 388 g/mol. The highest BCUT2D eigenvalue weighted by atomic mass is 16.7. The van der Waals surface area contributed by atoms with Crippen LogP contribution >= 0.6 is 0 Å². The van der Waals surface area contributed by atoms with E-state index in [-0.39, 0.29) is 24.3 Å². The smallest absolute Gasteiger partial charge is 0.290 e. The van der Waals surface area contributed by atoms with Crippen molar-refractivity contribution in [2.75, 3.05) is 18.5 Å². The van der Waals surface area contributed by atoms with E-state index in [1.807, 2.05) is 43.3 Å². The summed E-state index contributed by atoms with van der Waals surface area (Å²) >= 11 is 0. The van der Waals surface area contributed by atoms with Crippen molar-refractivity contribution in [3.8, 4) is 0 Å². The van der Waals surface area contributed by atoms with Crippen LogP contribution < -0.4 is 5.32 Å². The molecule has 1 amide bonds. The zero-order chi connectivity index (χ0) is 19.8. The summed E-state index contributed by atoms with van der Waals surface area (Å²) in [6.45, 7) is 2.65. The number of ether oxygens (including phenoxy) is 2. The highest BCUT2D eigenvalue weighted by molar-refractivity contribution is 6.02. The molecule has 0 saturated heterocycles. The fraction of sp³-hybridized carbons (Fsp3) is 0.609. The fourth-order valence-electron chi connectivity index (χ4n) is 4.56. The van der Waals surface area contributed by atoms with E-state index in [4.69, 9.17) is 9.47 Å². The third-order valence-electron chi connectivity index (χ3n) is 5.91. The van der Waals surface area contributed by atoms with E-state index in [0.29, 0.717) is 18.3 Å². The van der Waals surface area contributed by atoms with Gasteiger partial charge in [0.1, 0.15) is 0 Å². The number of para-hydroxylation sites is 1. The number of hydrogen-bond donors (Lipinski definition) is 2. The Labute approximate surface area is 168 Å². The molecule has 0 spiro atoms. The van der Waals surface area contributed by atoms with Crippen molar-refractivity contribution < 1.29 is 19.4 Å². The number of carbonyl (C=O) groups is 1. The van der Waals surface area contributed by atoms with Gasteiger partial charge in [0.05, 0.1) is 0 Å². The fourth-order valence-corrected chi connectivity index (χ4v) is 4.56. The number of aliphatic hydroxyl groups is 1. The molecule has 0 aromatic heterocycles. The molecule has 5 heteroatoms. The van der Waals surface area contributed by atoms with Gasteiger partial charge < -0.3 is 19.9 Å². The number of carbonyl (C=O) groups excluding carboxylic acids is 1. The van der Waals surface area contributed by atoms with Crippen LogP contribution in [0, 0.1) is 17.8 Å². The number of anilines is 1.